The molecule has 0 spiro atoms. The molecule has 158 valence electrons. The summed E-state index contributed by atoms with van der Waals surface area (Å²) in [5.74, 6) is -0.756. The van der Waals surface area contributed by atoms with Gasteiger partial charge in [0.15, 0.2) is 6.10 Å². The van der Waals surface area contributed by atoms with Gasteiger partial charge in [-0.15, -0.1) is 0 Å². The van der Waals surface area contributed by atoms with E-state index in [-0.39, 0.29) is 17.0 Å². The molecule has 0 aliphatic heterocycles. The van der Waals surface area contributed by atoms with Crippen LogP contribution in [-0.2, 0) is 26.1 Å². The standard InChI is InChI=1S/C20H26N2O6S/c1-13-8-9-16(29(25,26)21-12-15-7-6-10-27-15)11-17(13)19(24)28-14(2)18(23)22-20(3,4)5/h6-11,14,21H,12H2,1-5H3,(H,22,23). The molecule has 1 aromatic heterocycles. The van der Waals surface area contributed by atoms with E-state index in [9.17, 15) is 18.0 Å². The van der Waals surface area contributed by atoms with E-state index in [1.54, 1.807) is 19.1 Å². The van der Waals surface area contributed by atoms with Gasteiger partial charge < -0.3 is 14.5 Å². The summed E-state index contributed by atoms with van der Waals surface area (Å²) in [5.41, 5.74) is 0.131. The third-order valence-corrected chi connectivity index (χ3v) is 5.31. The van der Waals surface area contributed by atoms with Crippen molar-refractivity contribution in [2.45, 2.75) is 57.7 Å². The van der Waals surface area contributed by atoms with Crippen LogP contribution in [0.1, 0.15) is 49.4 Å². The minimum absolute atomic E-state index is 0.0208. The summed E-state index contributed by atoms with van der Waals surface area (Å²) in [6, 6.07) is 7.44. The van der Waals surface area contributed by atoms with Gasteiger partial charge in [0.1, 0.15) is 5.76 Å². The first kappa shape index (κ1) is 22.6. The van der Waals surface area contributed by atoms with Gasteiger partial charge >= 0.3 is 5.97 Å². The predicted molar refractivity (Wildman–Crippen MR) is 107 cm³/mol. The Hall–Kier alpha value is -2.65. The van der Waals surface area contributed by atoms with E-state index in [1.807, 2.05) is 20.8 Å². The fraction of sp³-hybridized carbons (Fsp3) is 0.400. The zero-order valence-electron chi connectivity index (χ0n) is 17.1. The van der Waals surface area contributed by atoms with Crippen molar-refractivity contribution in [2.24, 2.45) is 0 Å². The monoisotopic (exact) mass is 422 g/mol. The number of rotatable bonds is 7. The quantitative estimate of drug-likeness (QED) is 0.663. The molecule has 1 amide bonds. The van der Waals surface area contributed by atoms with Crippen molar-refractivity contribution < 1.29 is 27.2 Å². The van der Waals surface area contributed by atoms with Crippen molar-refractivity contribution in [1.29, 1.82) is 0 Å². The molecule has 29 heavy (non-hydrogen) atoms. The molecule has 0 aliphatic rings. The topological polar surface area (TPSA) is 115 Å². The molecular formula is C20H26N2O6S. The summed E-state index contributed by atoms with van der Waals surface area (Å²) in [7, 11) is -3.88. The van der Waals surface area contributed by atoms with Crippen LogP contribution in [0.4, 0.5) is 0 Å². The van der Waals surface area contributed by atoms with Crippen molar-refractivity contribution in [3.63, 3.8) is 0 Å². The lowest BCUT2D eigenvalue weighted by molar-refractivity contribution is -0.130. The number of hydrogen-bond donors (Lipinski definition) is 2. The van der Waals surface area contributed by atoms with Crippen LogP contribution in [0.25, 0.3) is 0 Å². The molecule has 0 saturated heterocycles. The normalized spacial score (nSPS) is 13.0. The Bertz CT molecular complexity index is 975. The number of aryl methyl sites for hydroxylation is 1. The Morgan fingerprint density at radius 3 is 2.48 bits per heavy atom. The number of carbonyl (C=O) groups is 2. The highest BCUT2D eigenvalue weighted by Gasteiger charge is 2.25. The van der Waals surface area contributed by atoms with Crippen LogP contribution >= 0.6 is 0 Å². The molecular weight excluding hydrogens is 396 g/mol. The molecule has 2 rings (SSSR count). The van der Waals surface area contributed by atoms with Gasteiger partial charge in [-0.2, -0.15) is 0 Å². The van der Waals surface area contributed by atoms with E-state index in [0.717, 1.165) is 0 Å². The molecule has 1 unspecified atom stereocenters. The molecule has 0 radical (unpaired) electrons. The summed E-state index contributed by atoms with van der Waals surface area (Å²) < 4.78 is 37.8. The van der Waals surface area contributed by atoms with E-state index in [2.05, 4.69) is 10.0 Å². The number of nitrogens with one attached hydrogen (secondary N) is 2. The maximum Gasteiger partial charge on any atom is 0.339 e. The number of hydrogen-bond acceptors (Lipinski definition) is 6. The molecule has 1 atom stereocenters. The number of sulfonamides is 1. The van der Waals surface area contributed by atoms with E-state index in [0.29, 0.717) is 11.3 Å². The third kappa shape index (κ3) is 6.43. The molecule has 2 aromatic rings. The number of ether oxygens (including phenoxy) is 1. The number of carbonyl (C=O) groups excluding carboxylic acids is 2. The zero-order chi connectivity index (χ0) is 21.8. The van der Waals surface area contributed by atoms with Crippen LogP contribution in [-0.4, -0.2) is 31.9 Å². The predicted octanol–water partition coefficient (Wildman–Crippen LogP) is 2.53. The summed E-state index contributed by atoms with van der Waals surface area (Å²) in [6.45, 7) is 8.53. The number of amides is 1. The van der Waals surface area contributed by atoms with Gasteiger partial charge in [0.05, 0.1) is 23.3 Å². The van der Waals surface area contributed by atoms with E-state index >= 15 is 0 Å². The number of furan rings is 1. The maximum atomic E-state index is 12.5. The highest BCUT2D eigenvalue weighted by Crippen LogP contribution is 2.18. The Morgan fingerprint density at radius 1 is 1.21 bits per heavy atom. The van der Waals surface area contributed by atoms with Gasteiger partial charge in [-0.25, -0.2) is 17.9 Å². The van der Waals surface area contributed by atoms with Crippen molar-refractivity contribution >= 4 is 21.9 Å². The molecule has 2 N–H and O–H groups in total. The Balaban J connectivity index is 2.15. The largest absolute Gasteiger partial charge is 0.468 e. The molecule has 1 heterocycles. The van der Waals surface area contributed by atoms with Crippen LogP contribution in [0.15, 0.2) is 45.9 Å². The summed E-state index contributed by atoms with van der Waals surface area (Å²) >= 11 is 0. The number of esters is 1. The van der Waals surface area contributed by atoms with Crippen LogP contribution in [0.5, 0.6) is 0 Å². The second kappa shape index (κ2) is 8.79. The van der Waals surface area contributed by atoms with Crippen molar-refractivity contribution in [1.82, 2.24) is 10.0 Å². The van der Waals surface area contributed by atoms with Gasteiger partial charge in [0.2, 0.25) is 10.0 Å². The van der Waals surface area contributed by atoms with Crippen LogP contribution < -0.4 is 10.0 Å². The Kier molecular flexibility index (Phi) is 6.86. The van der Waals surface area contributed by atoms with Crippen LogP contribution in [0, 0.1) is 6.92 Å². The molecule has 0 fully saturated rings. The molecule has 0 aliphatic carbocycles. The van der Waals surface area contributed by atoms with Gasteiger partial charge in [-0.05, 0) is 64.4 Å². The van der Waals surface area contributed by atoms with Crippen LogP contribution in [0.3, 0.4) is 0 Å². The van der Waals surface area contributed by atoms with Crippen molar-refractivity contribution in [3.8, 4) is 0 Å². The fourth-order valence-electron chi connectivity index (χ4n) is 2.40. The minimum Gasteiger partial charge on any atom is -0.468 e. The first-order chi connectivity index (χ1) is 13.4. The van der Waals surface area contributed by atoms with Gasteiger partial charge in [0.25, 0.3) is 5.91 Å². The van der Waals surface area contributed by atoms with E-state index in [4.69, 9.17) is 9.15 Å². The first-order valence-corrected chi connectivity index (χ1v) is 10.5. The highest BCUT2D eigenvalue weighted by molar-refractivity contribution is 7.89. The number of benzene rings is 1. The Morgan fingerprint density at radius 2 is 1.90 bits per heavy atom. The molecule has 1 aromatic carbocycles. The average Bonchev–Trinajstić information content (AvgIpc) is 3.12. The van der Waals surface area contributed by atoms with E-state index in [1.165, 1.54) is 31.4 Å². The summed E-state index contributed by atoms with van der Waals surface area (Å²) in [4.78, 5) is 24.6. The van der Waals surface area contributed by atoms with Gasteiger partial charge in [-0.3, -0.25) is 4.79 Å². The maximum absolute atomic E-state index is 12.5. The molecule has 0 bridgehead atoms. The second-order valence-corrected chi connectivity index (χ2v) is 9.43. The Labute approximate surface area is 170 Å². The lowest BCUT2D eigenvalue weighted by Crippen LogP contribution is -2.46. The second-order valence-electron chi connectivity index (χ2n) is 7.67. The van der Waals surface area contributed by atoms with Crippen molar-refractivity contribution in [3.05, 3.63) is 53.5 Å². The first-order valence-electron chi connectivity index (χ1n) is 9.05. The minimum atomic E-state index is -3.88. The van der Waals surface area contributed by atoms with Crippen LogP contribution in [0.2, 0.25) is 0 Å². The molecule has 8 nitrogen and oxygen atoms in total. The smallest absolute Gasteiger partial charge is 0.339 e. The third-order valence-electron chi connectivity index (χ3n) is 3.91. The summed E-state index contributed by atoms with van der Waals surface area (Å²) in [5, 5.41) is 2.73. The van der Waals surface area contributed by atoms with Gasteiger partial charge in [-0.1, -0.05) is 6.07 Å². The summed E-state index contributed by atoms with van der Waals surface area (Å²) in [6.07, 6.45) is 0.416. The average molecular weight is 423 g/mol. The highest BCUT2D eigenvalue weighted by atomic mass is 32.2. The molecule has 9 heteroatoms. The fourth-order valence-corrected chi connectivity index (χ4v) is 3.42. The van der Waals surface area contributed by atoms with Crippen molar-refractivity contribution in [2.75, 3.05) is 0 Å². The zero-order valence-corrected chi connectivity index (χ0v) is 17.9. The lowest BCUT2D eigenvalue weighted by Gasteiger charge is -2.23. The lowest BCUT2D eigenvalue weighted by atomic mass is 10.1. The van der Waals surface area contributed by atoms with Gasteiger partial charge in [0, 0.05) is 5.54 Å². The van der Waals surface area contributed by atoms with E-state index < -0.39 is 33.5 Å². The SMILES string of the molecule is Cc1ccc(S(=O)(=O)NCc2ccco2)cc1C(=O)OC(C)C(=O)NC(C)(C)C. The molecule has 0 saturated carbocycles.